The summed E-state index contributed by atoms with van der Waals surface area (Å²) in [5, 5.41) is 20.5. The molecule has 5 N–H and O–H groups in total. The van der Waals surface area contributed by atoms with Crippen molar-refractivity contribution in [3.63, 3.8) is 0 Å². The van der Waals surface area contributed by atoms with E-state index in [9.17, 15) is 24.3 Å². The molecule has 1 fully saturated rings. The monoisotopic (exact) mass is 740 g/mol. The highest BCUT2D eigenvalue weighted by atomic mass is 16.6. The first-order valence-corrected chi connectivity index (χ1v) is 19.0. The van der Waals surface area contributed by atoms with E-state index in [0.29, 0.717) is 30.3 Å². The SMILES string of the molecule is COc1ccc(C[C@H](NC(=O)OC(C)(C)C)C(=O)N(C)[C@@H](Cc2cnc[nH]2)C(=O)N[C@@H](CC2CCCCC2)[C@@H](O)C[C@@H](C)C(=O)NCC(C)(C)C)cc1. The van der Waals surface area contributed by atoms with Gasteiger partial charge in [-0.2, -0.15) is 0 Å². The lowest BCUT2D eigenvalue weighted by Gasteiger charge is -2.35. The van der Waals surface area contributed by atoms with Crippen molar-refractivity contribution in [1.29, 1.82) is 0 Å². The van der Waals surface area contributed by atoms with Crippen LogP contribution in [0.4, 0.5) is 4.79 Å². The molecule has 53 heavy (non-hydrogen) atoms. The minimum absolute atomic E-state index is 0.0886. The lowest BCUT2D eigenvalue weighted by Crippen LogP contribution is -2.58. The van der Waals surface area contributed by atoms with E-state index in [1.165, 1.54) is 18.3 Å². The van der Waals surface area contributed by atoms with E-state index in [0.717, 1.165) is 37.7 Å². The molecule has 0 bridgehead atoms. The first-order valence-electron chi connectivity index (χ1n) is 19.0. The number of ether oxygens (including phenoxy) is 2. The van der Waals surface area contributed by atoms with Crippen LogP contribution in [0, 0.1) is 17.3 Å². The molecule has 0 aliphatic heterocycles. The lowest BCUT2D eigenvalue weighted by atomic mass is 9.82. The van der Waals surface area contributed by atoms with Gasteiger partial charge in [0.15, 0.2) is 0 Å². The summed E-state index contributed by atoms with van der Waals surface area (Å²) in [6.07, 6.45) is 7.63. The van der Waals surface area contributed by atoms with Gasteiger partial charge < -0.3 is 40.4 Å². The number of amides is 4. The molecule has 5 atom stereocenters. The molecule has 13 heteroatoms. The van der Waals surface area contributed by atoms with Crippen LogP contribution in [0.1, 0.15) is 105 Å². The van der Waals surface area contributed by atoms with E-state index in [4.69, 9.17) is 9.47 Å². The third-order valence-electron chi connectivity index (χ3n) is 9.61. The van der Waals surface area contributed by atoms with Crippen LogP contribution in [0.3, 0.4) is 0 Å². The number of imidazole rings is 1. The van der Waals surface area contributed by atoms with Crippen LogP contribution in [0.25, 0.3) is 0 Å². The van der Waals surface area contributed by atoms with Gasteiger partial charge in [-0.1, -0.05) is 71.9 Å². The molecule has 3 rings (SSSR count). The number of carbonyl (C=O) groups excluding carboxylic acids is 4. The van der Waals surface area contributed by atoms with E-state index < -0.39 is 53.7 Å². The number of methoxy groups -OCH3 is 1. The summed E-state index contributed by atoms with van der Waals surface area (Å²) in [4.78, 5) is 63.3. The van der Waals surface area contributed by atoms with Crippen molar-refractivity contribution in [2.24, 2.45) is 17.3 Å². The van der Waals surface area contributed by atoms with E-state index >= 15 is 0 Å². The molecule has 1 aliphatic carbocycles. The Morgan fingerprint density at radius 2 is 1.64 bits per heavy atom. The zero-order chi connectivity index (χ0) is 39.3. The maximum Gasteiger partial charge on any atom is 0.408 e. The Bertz CT molecular complexity index is 1450. The fourth-order valence-corrected chi connectivity index (χ4v) is 6.59. The number of likely N-dealkylation sites (N-methyl/N-ethyl adjacent to an activating group) is 1. The summed E-state index contributed by atoms with van der Waals surface area (Å²) in [6.45, 7) is 13.6. The Kier molecular flexibility index (Phi) is 16.2. The standard InChI is InChI=1S/C40H64N6O7/c1-26(35(48)42-24-39(2,3)4)19-34(47)31(20-27-13-11-10-12-14-27)44-36(49)33(22-29-23-41-25-43-29)46(8)37(50)32(45-38(51)53-40(5,6)7)21-28-15-17-30(52-9)18-16-28/h15-18,23,25-27,31-34,47H,10-14,19-22,24H2,1-9H3,(H,41,43)(H,42,48)(H,44,49)(H,45,51)/t26-,31+,32+,33+,34+/m1/s1. The van der Waals surface area contributed by atoms with Crippen molar-refractivity contribution in [2.45, 2.75) is 136 Å². The molecule has 1 aromatic carbocycles. The van der Waals surface area contributed by atoms with E-state index in [-0.39, 0.29) is 30.6 Å². The molecule has 4 amide bonds. The highest BCUT2D eigenvalue weighted by molar-refractivity contribution is 5.91. The Balaban J connectivity index is 1.89. The highest BCUT2D eigenvalue weighted by Crippen LogP contribution is 2.29. The highest BCUT2D eigenvalue weighted by Gasteiger charge is 2.36. The second-order valence-electron chi connectivity index (χ2n) is 16.8. The smallest absolute Gasteiger partial charge is 0.408 e. The molecular weight excluding hydrogens is 676 g/mol. The topological polar surface area (TPSA) is 175 Å². The van der Waals surface area contributed by atoms with Crippen LogP contribution in [0.2, 0.25) is 0 Å². The second kappa shape index (κ2) is 19.8. The number of carbonyl (C=O) groups is 4. The Labute approximate surface area is 315 Å². The summed E-state index contributed by atoms with van der Waals surface area (Å²) in [5.41, 5.74) is 0.505. The average Bonchev–Trinajstić information content (AvgIpc) is 3.61. The first kappa shape index (κ1) is 43.3. The number of aromatic amines is 1. The summed E-state index contributed by atoms with van der Waals surface area (Å²) < 4.78 is 10.8. The molecule has 0 spiro atoms. The molecule has 0 unspecified atom stereocenters. The van der Waals surface area contributed by atoms with Crippen molar-refractivity contribution < 1.29 is 33.8 Å². The van der Waals surface area contributed by atoms with Gasteiger partial charge in [0.05, 0.1) is 25.6 Å². The van der Waals surface area contributed by atoms with Crippen molar-refractivity contribution in [3.8, 4) is 5.75 Å². The summed E-state index contributed by atoms with van der Waals surface area (Å²) in [5.74, 6) is -0.632. The second-order valence-corrected chi connectivity index (χ2v) is 16.8. The number of hydrogen-bond acceptors (Lipinski definition) is 8. The number of nitrogens with zero attached hydrogens (tertiary/aromatic N) is 2. The number of hydrogen-bond donors (Lipinski definition) is 5. The number of aliphatic hydroxyl groups is 1. The maximum atomic E-state index is 14.4. The predicted octanol–water partition coefficient (Wildman–Crippen LogP) is 4.93. The summed E-state index contributed by atoms with van der Waals surface area (Å²) >= 11 is 0. The minimum atomic E-state index is -1.07. The van der Waals surface area contributed by atoms with E-state index in [2.05, 4.69) is 25.9 Å². The van der Waals surface area contributed by atoms with Crippen LogP contribution < -0.4 is 20.7 Å². The molecule has 1 aromatic heterocycles. The fraction of sp³-hybridized carbons (Fsp3) is 0.675. The van der Waals surface area contributed by atoms with Gasteiger partial charge in [-0.3, -0.25) is 14.4 Å². The Morgan fingerprint density at radius 1 is 0.981 bits per heavy atom. The van der Waals surface area contributed by atoms with Crippen molar-refractivity contribution >= 4 is 23.8 Å². The number of benzene rings is 1. The maximum absolute atomic E-state index is 14.4. The molecule has 1 saturated carbocycles. The van der Waals surface area contributed by atoms with Crippen molar-refractivity contribution in [3.05, 3.63) is 48.0 Å². The molecule has 13 nitrogen and oxygen atoms in total. The van der Waals surface area contributed by atoms with E-state index in [1.54, 1.807) is 53.1 Å². The largest absolute Gasteiger partial charge is 0.497 e. The molecular formula is C40H64N6O7. The minimum Gasteiger partial charge on any atom is -0.497 e. The van der Waals surface area contributed by atoms with Gasteiger partial charge in [0.25, 0.3) is 0 Å². The summed E-state index contributed by atoms with van der Waals surface area (Å²) in [7, 11) is 3.10. The van der Waals surface area contributed by atoms with Crippen LogP contribution in [0.5, 0.6) is 5.75 Å². The Morgan fingerprint density at radius 3 is 2.21 bits per heavy atom. The number of aromatic nitrogens is 2. The van der Waals surface area contributed by atoms with Crippen LogP contribution in [0.15, 0.2) is 36.8 Å². The third kappa shape index (κ3) is 15.0. The molecule has 1 aliphatic rings. The molecule has 1 heterocycles. The van der Waals surface area contributed by atoms with E-state index in [1.807, 2.05) is 32.9 Å². The number of aliphatic hydroxyl groups excluding tert-OH is 1. The van der Waals surface area contributed by atoms with Crippen molar-refractivity contribution in [1.82, 2.24) is 30.8 Å². The Hall–Kier alpha value is -4.13. The predicted molar refractivity (Wildman–Crippen MR) is 204 cm³/mol. The van der Waals surface area contributed by atoms with Gasteiger partial charge in [-0.05, 0) is 62.6 Å². The van der Waals surface area contributed by atoms with Crippen molar-refractivity contribution in [2.75, 3.05) is 20.7 Å². The van der Waals surface area contributed by atoms with Gasteiger partial charge in [0.2, 0.25) is 17.7 Å². The number of H-pyrrole nitrogens is 1. The van der Waals surface area contributed by atoms with Gasteiger partial charge in [-0.25, -0.2) is 9.78 Å². The summed E-state index contributed by atoms with van der Waals surface area (Å²) in [6, 6.07) is 4.42. The van der Waals surface area contributed by atoms with Crippen LogP contribution in [-0.4, -0.2) is 94.3 Å². The van der Waals surface area contributed by atoms with Gasteiger partial charge in [0.1, 0.15) is 23.4 Å². The lowest BCUT2D eigenvalue weighted by molar-refractivity contribution is -0.141. The zero-order valence-electron chi connectivity index (χ0n) is 33.3. The van der Waals surface area contributed by atoms with Crippen LogP contribution >= 0.6 is 0 Å². The molecule has 0 saturated heterocycles. The third-order valence-corrected chi connectivity index (χ3v) is 9.61. The molecule has 2 aromatic rings. The average molecular weight is 741 g/mol. The molecule has 0 radical (unpaired) electrons. The number of nitrogens with one attached hydrogen (secondary N) is 4. The number of rotatable bonds is 17. The fourth-order valence-electron chi connectivity index (χ4n) is 6.59. The number of alkyl carbamates (subject to hydrolysis) is 1. The van der Waals surface area contributed by atoms with Gasteiger partial charge in [0, 0.05) is 44.2 Å². The van der Waals surface area contributed by atoms with Gasteiger partial charge >= 0.3 is 6.09 Å². The first-order chi connectivity index (χ1) is 24.8. The quantitative estimate of drug-likeness (QED) is 0.152. The zero-order valence-corrected chi connectivity index (χ0v) is 33.3. The van der Waals surface area contributed by atoms with Crippen LogP contribution in [-0.2, 0) is 32.0 Å². The normalized spacial score (nSPS) is 16.7. The molecule has 296 valence electrons. The van der Waals surface area contributed by atoms with Gasteiger partial charge in [-0.15, -0.1) is 0 Å².